The molecular formula is C23H31N5O4S. The molecule has 3 heterocycles. The third-order valence-corrected chi connectivity index (χ3v) is 7.13. The quantitative estimate of drug-likeness (QED) is 0.683. The second-order valence-corrected chi connectivity index (χ2v) is 10.9. The number of amides is 1. The Balaban J connectivity index is 1.35. The number of ether oxygens (including phenoxy) is 1. The van der Waals surface area contributed by atoms with Crippen LogP contribution in [0.4, 0.5) is 16.3 Å². The minimum absolute atomic E-state index is 0.107. The first-order chi connectivity index (χ1) is 15.7. The lowest BCUT2D eigenvalue weighted by Gasteiger charge is -2.32. The first-order valence-corrected chi connectivity index (χ1v) is 13.2. The summed E-state index contributed by atoms with van der Waals surface area (Å²) in [5.74, 6) is 0.805. The van der Waals surface area contributed by atoms with Crippen LogP contribution in [0, 0.1) is 0 Å². The van der Waals surface area contributed by atoms with Crippen LogP contribution in [0.3, 0.4) is 0 Å². The number of carbonyl (C=O) groups excluding carboxylic acids is 1. The van der Waals surface area contributed by atoms with Crippen LogP contribution in [-0.2, 0) is 27.5 Å². The molecule has 0 spiro atoms. The molecule has 1 saturated heterocycles. The number of fused-ring (bicyclic) bond motifs is 1. The lowest BCUT2D eigenvalue weighted by Crippen LogP contribution is -2.45. The Hall–Kier alpha value is -2.72. The number of sulfone groups is 1. The average Bonchev–Trinajstić information content (AvgIpc) is 3.20. The van der Waals surface area contributed by atoms with Crippen molar-refractivity contribution in [2.24, 2.45) is 0 Å². The molecule has 0 radical (unpaired) electrons. The first kappa shape index (κ1) is 23.4. The number of likely N-dealkylation sites (tertiary alicyclic amines) is 1. The summed E-state index contributed by atoms with van der Waals surface area (Å²) in [4.78, 5) is 25.1. The van der Waals surface area contributed by atoms with Crippen LogP contribution >= 0.6 is 0 Å². The van der Waals surface area contributed by atoms with Crippen LogP contribution in [0.15, 0.2) is 35.5 Å². The first-order valence-electron chi connectivity index (χ1n) is 11.3. The smallest absolute Gasteiger partial charge is 0.410 e. The largest absolute Gasteiger partial charge is 0.447 e. The van der Waals surface area contributed by atoms with Crippen LogP contribution < -0.4 is 10.2 Å². The van der Waals surface area contributed by atoms with Crippen LogP contribution in [-0.4, -0.2) is 67.4 Å². The van der Waals surface area contributed by atoms with Gasteiger partial charge in [-0.25, -0.2) is 23.2 Å². The summed E-state index contributed by atoms with van der Waals surface area (Å²) in [5.41, 5.74) is 2.89. The van der Waals surface area contributed by atoms with Gasteiger partial charge in [0.25, 0.3) is 0 Å². The van der Waals surface area contributed by atoms with Gasteiger partial charge in [-0.05, 0) is 56.9 Å². The number of piperidine rings is 1. The van der Waals surface area contributed by atoms with Crippen LogP contribution in [0.25, 0.3) is 0 Å². The summed E-state index contributed by atoms with van der Waals surface area (Å²) in [7, 11) is -3.23. The molecule has 4 rings (SSSR count). The molecular weight excluding hydrogens is 442 g/mol. The molecule has 9 nitrogen and oxygen atoms in total. The summed E-state index contributed by atoms with van der Waals surface area (Å²) < 4.78 is 29.0. The van der Waals surface area contributed by atoms with Crippen LogP contribution in [0.5, 0.6) is 0 Å². The summed E-state index contributed by atoms with van der Waals surface area (Å²) in [5, 5.41) is 3.54. The SMILES string of the molecule is CC(C)OC(=O)N1CCC(NCc2cc(N3CCc4cc(S(C)(=O)=O)ccc43)ncn2)CC1. The Morgan fingerprint density at radius 2 is 1.94 bits per heavy atom. The molecule has 0 saturated carbocycles. The van der Waals surface area contributed by atoms with E-state index in [2.05, 4.69) is 20.2 Å². The van der Waals surface area contributed by atoms with E-state index in [0.717, 1.165) is 48.6 Å². The van der Waals surface area contributed by atoms with Crippen molar-refractivity contribution in [3.63, 3.8) is 0 Å². The Bertz CT molecular complexity index is 1110. The zero-order valence-corrected chi connectivity index (χ0v) is 20.1. The minimum atomic E-state index is -3.23. The van der Waals surface area contributed by atoms with Crippen molar-refractivity contribution < 1.29 is 17.9 Å². The van der Waals surface area contributed by atoms with Crippen molar-refractivity contribution in [3.8, 4) is 0 Å². The number of hydrogen-bond acceptors (Lipinski definition) is 8. The van der Waals surface area contributed by atoms with E-state index in [0.29, 0.717) is 30.6 Å². The highest BCUT2D eigenvalue weighted by Gasteiger charge is 2.25. The Morgan fingerprint density at radius 3 is 2.64 bits per heavy atom. The fraction of sp³-hybridized carbons (Fsp3) is 0.522. The van der Waals surface area contributed by atoms with Gasteiger partial charge in [0.1, 0.15) is 12.1 Å². The molecule has 0 unspecified atom stereocenters. The fourth-order valence-electron chi connectivity index (χ4n) is 4.27. The lowest BCUT2D eigenvalue weighted by atomic mass is 10.1. The van der Waals surface area contributed by atoms with Gasteiger partial charge in [0.15, 0.2) is 9.84 Å². The predicted octanol–water partition coefficient (Wildman–Crippen LogP) is 2.67. The van der Waals surface area contributed by atoms with Crippen LogP contribution in [0.2, 0.25) is 0 Å². The Kier molecular flexibility index (Phi) is 6.85. The molecule has 33 heavy (non-hydrogen) atoms. The molecule has 1 aromatic carbocycles. The number of benzene rings is 1. The predicted molar refractivity (Wildman–Crippen MR) is 125 cm³/mol. The highest BCUT2D eigenvalue weighted by molar-refractivity contribution is 7.90. The number of carbonyl (C=O) groups is 1. The van der Waals surface area contributed by atoms with Gasteiger partial charge in [-0.15, -0.1) is 0 Å². The van der Waals surface area contributed by atoms with Crippen molar-refractivity contribution >= 4 is 27.4 Å². The van der Waals surface area contributed by atoms with Crippen LogP contribution in [0.1, 0.15) is 37.9 Å². The number of hydrogen-bond donors (Lipinski definition) is 1. The molecule has 1 N–H and O–H groups in total. The van der Waals surface area contributed by atoms with Gasteiger partial charge >= 0.3 is 6.09 Å². The lowest BCUT2D eigenvalue weighted by molar-refractivity contribution is 0.0677. The number of anilines is 2. The Labute approximate surface area is 195 Å². The van der Waals surface area contributed by atoms with E-state index in [9.17, 15) is 13.2 Å². The van der Waals surface area contributed by atoms with Gasteiger partial charge in [-0.1, -0.05) is 0 Å². The van der Waals surface area contributed by atoms with E-state index in [1.165, 1.54) is 6.26 Å². The zero-order valence-electron chi connectivity index (χ0n) is 19.3. The highest BCUT2D eigenvalue weighted by atomic mass is 32.2. The van der Waals surface area contributed by atoms with Gasteiger partial charge in [-0.2, -0.15) is 0 Å². The molecule has 2 aromatic rings. The maximum atomic E-state index is 12.0. The van der Waals surface area contributed by atoms with Gasteiger partial charge in [0.2, 0.25) is 0 Å². The molecule has 2 aliphatic rings. The third kappa shape index (κ3) is 5.62. The molecule has 2 aliphatic heterocycles. The summed E-state index contributed by atoms with van der Waals surface area (Å²) >= 11 is 0. The number of nitrogens with one attached hydrogen (secondary N) is 1. The second-order valence-electron chi connectivity index (χ2n) is 8.91. The molecule has 0 atom stereocenters. The summed E-state index contributed by atoms with van der Waals surface area (Å²) in [6, 6.07) is 7.56. The number of aromatic nitrogens is 2. The maximum Gasteiger partial charge on any atom is 0.410 e. The molecule has 10 heteroatoms. The van der Waals surface area contributed by atoms with Crippen molar-refractivity contribution in [1.29, 1.82) is 0 Å². The monoisotopic (exact) mass is 473 g/mol. The van der Waals surface area contributed by atoms with E-state index in [4.69, 9.17) is 4.74 Å². The van der Waals surface area contributed by atoms with E-state index in [1.54, 1.807) is 23.4 Å². The Morgan fingerprint density at radius 1 is 1.18 bits per heavy atom. The molecule has 1 fully saturated rings. The average molecular weight is 474 g/mol. The van der Waals surface area contributed by atoms with Gasteiger partial charge in [0, 0.05) is 50.2 Å². The number of rotatable bonds is 6. The number of nitrogens with zero attached hydrogens (tertiary/aromatic N) is 4. The van der Waals surface area contributed by atoms with Gasteiger partial charge in [0.05, 0.1) is 16.7 Å². The molecule has 1 amide bonds. The van der Waals surface area contributed by atoms with E-state index in [-0.39, 0.29) is 12.2 Å². The van der Waals surface area contributed by atoms with Gasteiger partial charge in [-0.3, -0.25) is 0 Å². The highest BCUT2D eigenvalue weighted by Crippen LogP contribution is 2.34. The van der Waals surface area contributed by atoms with Crippen molar-refractivity contribution in [1.82, 2.24) is 20.2 Å². The van der Waals surface area contributed by atoms with E-state index in [1.807, 2.05) is 26.0 Å². The molecule has 1 aromatic heterocycles. The standard InChI is InChI=1S/C23H31N5O4S/c1-16(2)32-23(29)27-9-7-18(8-10-27)24-14-19-13-22(26-15-25-19)28-11-6-17-12-20(33(3,30)31)4-5-21(17)28/h4-5,12-13,15-16,18,24H,6-11,14H2,1-3H3. The van der Waals surface area contributed by atoms with Gasteiger partial charge < -0.3 is 19.9 Å². The molecule has 178 valence electrons. The minimum Gasteiger partial charge on any atom is -0.447 e. The maximum absolute atomic E-state index is 12.0. The summed E-state index contributed by atoms with van der Waals surface area (Å²) in [6.07, 6.45) is 4.96. The second kappa shape index (κ2) is 9.64. The third-order valence-electron chi connectivity index (χ3n) is 6.02. The zero-order chi connectivity index (χ0) is 23.6. The fourth-order valence-corrected chi connectivity index (χ4v) is 4.94. The van der Waals surface area contributed by atoms with E-state index < -0.39 is 9.84 Å². The van der Waals surface area contributed by atoms with E-state index >= 15 is 0 Å². The normalized spacial score (nSPS) is 16.8. The van der Waals surface area contributed by atoms with Crippen molar-refractivity contribution in [2.75, 3.05) is 30.8 Å². The van der Waals surface area contributed by atoms with Crippen molar-refractivity contribution in [2.45, 2.75) is 56.7 Å². The molecule has 0 aliphatic carbocycles. The topological polar surface area (TPSA) is 105 Å². The van der Waals surface area contributed by atoms with Crippen molar-refractivity contribution in [3.05, 3.63) is 41.9 Å². The molecule has 0 bridgehead atoms. The summed E-state index contributed by atoms with van der Waals surface area (Å²) in [6.45, 7) is 6.43.